The molecular formula is C18H19NO4. The van der Waals surface area contributed by atoms with Crippen LogP contribution < -0.4 is 10.1 Å². The van der Waals surface area contributed by atoms with Crippen molar-refractivity contribution in [2.75, 3.05) is 7.11 Å². The normalized spacial score (nSPS) is 20.8. The van der Waals surface area contributed by atoms with Crippen LogP contribution in [0.25, 0.3) is 0 Å². The Morgan fingerprint density at radius 2 is 1.96 bits per heavy atom. The number of nitrogens with one attached hydrogen (secondary N) is 1. The summed E-state index contributed by atoms with van der Waals surface area (Å²) >= 11 is 0. The van der Waals surface area contributed by atoms with Gasteiger partial charge in [-0.1, -0.05) is 36.4 Å². The van der Waals surface area contributed by atoms with Gasteiger partial charge in [-0.3, -0.25) is 10.1 Å². The van der Waals surface area contributed by atoms with E-state index in [4.69, 9.17) is 4.74 Å². The van der Waals surface area contributed by atoms with Gasteiger partial charge in [-0.25, -0.2) is 0 Å². The molecule has 0 radical (unpaired) electrons. The summed E-state index contributed by atoms with van der Waals surface area (Å²) in [6.45, 7) is 0.513. The maximum atomic E-state index is 11.4. The fourth-order valence-electron chi connectivity index (χ4n) is 3.20. The molecule has 2 atom stereocenters. The smallest absolute Gasteiger partial charge is 0.304 e. The van der Waals surface area contributed by atoms with Crippen molar-refractivity contribution >= 4 is 5.97 Å². The van der Waals surface area contributed by atoms with Crippen molar-refractivity contribution in [3.8, 4) is 5.75 Å². The Bertz CT molecular complexity index is 713. The number of methoxy groups -OCH3 is 1. The summed E-state index contributed by atoms with van der Waals surface area (Å²) < 4.78 is 5.14. The molecule has 0 aliphatic carbocycles. The highest BCUT2D eigenvalue weighted by atomic mass is 16.5. The van der Waals surface area contributed by atoms with Crippen molar-refractivity contribution in [2.24, 2.45) is 0 Å². The first-order valence-corrected chi connectivity index (χ1v) is 7.46. The zero-order chi connectivity index (χ0) is 16.4. The van der Waals surface area contributed by atoms with Gasteiger partial charge in [0.25, 0.3) is 0 Å². The van der Waals surface area contributed by atoms with Gasteiger partial charge in [0.05, 0.1) is 13.5 Å². The number of ether oxygens (including phenoxy) is 1. The number of rotatable bonds is 5. The second-order valence-electron chi connectivity index (χ2n) is 5.70. The summed E-state index contributed by atoms with van der Waals surface area (Å²) in [5.41, 5.74) is 1.07. The monoisotopic (exact) mass is 313 g/mol. The molecule has 0 aromatic heterocycles. The Balaban J connectivity index is 2.04. The number of carboxylic acids is 1. The molecule has 2 aromatic rings. The average molecular weight is 313 g/mol. The van der Waals surface area contributed by atoms with Crippen molar-refractivity contribution in [3.63, 3.8) is 0 Å². The minimum Gasteiger partial charge on any atom is -0.497 e. The zero-order valence-corrected chi connectivity index (χ0v) is 12.8. The van der Waals surface area contributed by atoms with Gasteiger partial charge in [0.2, 0.25) is 0 Å². The highest BCUT2D eigenvalue weighted by molar-refractivity contribution is 5.68. The van der Waals surface area contributed by atoms with E-state index in [1.807, 2.05) is 24.3 Å². The maximum Gasteiger partial charge on any atom is 0.304 e. The predicted octanol–water partition coefficient (Wildman–Crippen LogP) is 2.20. The van der Waals surface area contributed by atoms with Crippen LogP contribution in [0.15, 0.2) is 48.5 Å². The summed E-state index contributed by atoms with van der Waals surface area (Å²) in [4.78, 5) is 11.4. The van der Waals surface area contributed by atoms with E-state index in [2.05, 4.69) is 5.32 Å². The van der Waals surface area contributed by atoms with E-state index in [0.29, 0.717) is 12.3 Å². The van der Waals surface area contributed by atoms with Gasteiger partial charge >= 0.3 is 5.97 Å². The third-order valence-corrected chi connectivity index (χ3v) is 4.38. The molecular weight excluding hydrogens is 294 g/mol. The van der Waals surface area contributed by atoms with Gasteiger partial charge in [0.15, 0.2) is 0 Å². The van der Waals surface area contributed by atoms with Gasteiger partial charge in [-0.15, -0.1) is 0 Å². The SMILES string of the molecule is COc1ccc(C(CC(=O)O)C2(O)NCc3ccccc32)cc1. The van der Waals surface area contributed by atoms with Crippen LogP contribution in [0, 0.1) is 0 Å². The molecule has 120 valence electrons. The molecule has 23 heavy (non-hydrogen) atoms. The van der Waals surface area contributed by atoms with E-state index < -0.39 is 17.6 Å². The third kappa shape index (κ3) is 2.81. The fraction of sp³-hybridized carbons (Fsp3) is 0.278. The molecule has 0 fully saturated rings. The van der Waals surface area contributed by atoms with E-state index in [9.17, 15) is 15.0 Å². The van der Waals surface area contributed by atoms with Gasteiger partial charge in [0.1, 0.15) is 11.5 Å². The number of carboxylic acid groups (broad SMARTS) is 1. The van der Waals surface area contributed by atoms with E-state index in [1.54, 1.807) is 31.4 Å². The number of carbonyl (C=O) groups is 1. The Morgan fingerprint density at radius 3 is 2.61 bits per heavy atom. The molecule has 0 spiro atoms. The largest absolute Gasteiger partial charge is 0.497 e. The van der Waals surface area contributed by atoms with Gasteiger partial charge in [0, 0.05) is 18.0 Å². The molecule has 3 N–H and O–H groups in total. The van der Waals surface area contributed by atoms with E-state index in [1.165, 1.54) is 0 Å². The minimum absolute atomic E-state index is 0.176. The number of aliphatic hydroxyl groups is 1. The Hall–Kier alpha value is -2.37. The molecule has 0 bridgehead atoms. The van der Waals surface area contributed by atoms with E-state index >= 15 is 0 Å². The number of hydrogen-bond acceptors (Lipinski definition) is 4. The average Bonchev–Trinajstić information content (AvgIpc) is 2.91. The molecule has 2 aromatic carbocycles. The molecule has 0 saturated carbocycles. The first-order chi connectivity index (χ1) is 11.0. The highest BCUT2D eigenvalue weighted by Crippen LogP contribution is 2.42. The van der Waals surface area contributed by atoms with Crippen molar-refractivity contribution in [2.45, 2.75) is 24.6 Å². The Morgan fingerprint density at radius 1 is 1.26 bits per heavy atom. The molecule has 2 unspecified atom stereocenters. The lowest BCUT2D eigenvalue weighted by atomic mass is 9.82. The zero-order valence-electron chi connectivity index (χ0n) is 12.8. The standard InChI is InChI=1S/C18H19NO4/c1-23-14-8-6-12(7-9-14)16(10-17(20)21)18(22)15-5-3-2-4-13(15)11-19-18/h2-9,16,19,22H,10-11H2,1H3,(H,20,21). The molecule has 0 saturated heterocycles. The summed E-state index contributed by atoms with van der Waals surface area (Å²) in [6.07, 6.45) is -0.176. The van der Waals surface area contributed by atoms with Crippen molar-refractivity contribution < 1.29 is 19.7 Å². The van der Waals surface area contributed by atoms with E-state index in [0.717, 1.165) is 16.7 Å². The maximum absolute atomic E-state index is 11.4. The Kier molecular flexibility index (Phi) is 4.07. The fourth-order valence-corrected chi connectivity index (χ4v) is 3.20. The van der Waals surface area contributed by atoms with Crippen molar-refractivity contribution in [1.29, 1.82) is 0 Å². The number of benzene rings is 2. The molecule has 1 heterocycles. The van der Waals surface area contributed by atoms with Gasteiger partial charge < -0.3 is 14.9 Å². The molecule has 0 amide bonds. The lowest BCUT2D eigenvalue weighted by Crippen LogP contribution is -2.43. The van der Waals surface area contributed by atoms with Crippen LogP contribution in [0.5, 0.6) is 5.75 Å². The molecule has 1 aliphatic rings. The molecule has 5 nitrogen and oxygen atoms in total. The van der Waals surface area contributed by atoms with Crippen LogP contribution in [-0.4, -0.2) is 23.3 Å². The lowest BCUT2D eigenvalue weighted by Gasteiger charge is -2.33. The quantitative estimate of drug-likeness (QED) is 0.789. The number of fused-ring (bicyclic) bond motifs is 1. The van der Waals surface area contributed by atoms with Crippen LogP contribution in [-0.2, 0) is 17.1 Å². The van der Waals surface area contributed by atoms with Gasteiger partial charge in [-0.05, 0) is 23.3 Å². The number of hydrogen-bond donors (Lipinski definition) is 3. The second-order valence-corrected chi connectivity index (χ2v) is 5.70. The lowest BCUT2D eigenvalue weighted by molar-refractivity contribution is -0.140. The summed E-state index contributed by atoms with van der Waals surface area (Å²) in [5, 5.41) is 23.6. The molecule has 3 rings (SSSR count). The first-order valence-electron chi connectivity index (χ1n) is 7.46. The summed E-state index contributed by atoms with van der Waals surface area (Å²) in [7, 11) is 1.58. The topological polar surface area (TPSA) is 78.8 Å². The number of aliphatic carboxylic acids is 1. The molecule has 1 aliphatic heterocycles. The highest BCUT2D eigenvalue weighted by Gasteiger charge is 2.44. The van der Waals surface area contributed by atoms with Crippen LogP contribution in [0.4, 0.5) is 0 Å². The van der Waals surface area contributed by atoms with Crippen LogP contribution in [0.1, 0.15) is 29.0 Å². The molecule has 5 heteroatoms. The summed E-state index contributed by atoms with van der Waals surface area (Å²) in [5.74, 6) is -0.866. The first kappa shape index (κ1) is 15.5. The van der Waals surface area contributed by atoms with E-state index in [-0.39, 0.29) is 6.42 Å². The minimum atomic E-state index is -1.40. The van der Waals surface area contributed by atoms with Crippen LogP contribution in [0.2, 0.25) is 0 Å². The van der Waals surface area contributed by atoms with Crippen LogP contribution in [0.3, 0.4) is 0 Å². The second kappa shape index (κ2) is 6.02. The third-order valence-electron chi connectivity index (χ3n) is 4.38. The van der Waals surface area contributed by atoms with Crippen molar-refractivity contribution in [3.05, 3.63) is 65.2 Å². The van der Waals surface area contributed by atoms with Gasteiger partial charge in [-0.2, -0.15) is 0 Å². The van der Waals surface area contributed by atoms with Crippen molar-refractivity contribution in [1.82, 2.24) is 5.32 Å². The summed E-state index contributed by atoms with van der Waals surface area (Å²) in [6, 6.07) is 14.7. The Labute approximate surface area is 134 Å². The predicted molar refractivity (Wildman–Crippen MR) is 85.2 cm³/mol. The van der Waals surface area contributed by atoms with Crippen LogP contribution >= 0.6 is 0 Å².